The van der Waals surface area contributed by atoms with Crippen LogP contribution in [0.3, 0.4) is 0 Å². The number of para-hydroxylation sites is 1. The van der Waals surface area contributed by atoms with E-state index in [1.807, 2.05) is 20.8 Å². The van der Waals surface area contributed by atoms with Gasteiger partial charge in [-0.2, -0.15) is 0 Å². The molecule has 0 fully saturated rings. The van der Waals surface area contributed by atoms with Crippen LogP contribution in [-0.2, 0) is 4.79 Å². The zero-order valence-electron chi connectivity index (χ0n) is 13.0. The summed E-state index contributed by atoms with van der Waals surface area (Å²) in [6, 6.07) is 5.02. The smallest absolute Gasteiger partial charge is 0.231 e. The van der Waals surface area contributed by atoms with Crippen LogP contribution >= 0.6 is 23.2 Å². The van der Waals surface area contributed by atoms with Crippen LogP contribution in [0.1, 0.15) is 20.8 Å². The molecular weight excluding hydrogens is 327 g/mol. The number of aliphatic hydroxyl groups is 1. The molecule has 0 aliphatic carbocycles. The minimum atomic E-state index is -0.814. The van der Waals surface area contributed by atoms with Gasteiger partial charge in [0, 0.05) is 12.1 Å². The van der Waals surface area contributed by atoms with Gasteiger partial charge in [-0.3, -0.25) is 9.69 Å². The Balaban J connectivity index is 2.64. The normalized spacial score (nSPS) is 13.2. The lowest BCUT2D eigenvalue weighted by Gasteiger charge is -2.36. The average molecular weight is 349 g/mol. The molecule has 0 aliphatic heterocycles. The topological polar surface area (TPSA) is 75.8 Å². The minimum Gasteiger partial charge on any atom is -0.488 e. The number of carbonyl (C=O) groups is 1. The van der Waals surface area contributed by atoms with Gasteiger partial charge in [-0.25, -0.2) is 0 Å². The van der Waals surface area contributed by atoms with Gasteiger partial charge in [-0.05, 0) is 32.9 Å². The Bertz CT molecular complexity index is 498. The molecule has 1 atom stereocenters. The third-order valence-corrected chi connectivity index (χ3v) is 3.66. The molecule has 3 N–H and O–H groups in total. The molecule has 1 unspecified atom stereocenters. The second kappa shape index (κ2) is 8.02. The highest BCUT2D eigenvalue weighted by atomic mass is 35.5. The SMILES string of the molecule is CC(C)(C)N(CC(N)=O)CC(O)COc1c(Cl)cccc1Cl. The van der Waals surface area contributed by atoms with Gasteiger partial charge >= 0.3 is 0 Å². The predicted molar refractivity (Wildman–Crippen MR) is 88.5 cm³/mol. The van der Waals surface area contributed by atoms with Crippen molar-refractivity contribution < 1.29 is 14.6 Å². The Labute approximate surface area is 140 Å². The maximum atomic E-state index is 11.1. The van der Waals surface area contributed by atoms with Crippen LogP contribution < -0.4 is 10.5 Å². The van der Waals surface area contributed by atoms with Crippen molar-refractivity contribution in [1.29, 1.82) is 0 Å². The largest absolute Gasteiger partial charge is 0.488 e. The minimum absolute atomic E-state index is 0.00873. The Kier molecular flexibility index (Phi) is 6.94. The fourth-order valence-corrected chi connectivity index (χ4v) is 2.38. The van der Waals surface area contributed by atoms with E-state index >= 15 is 0 Å². The molecule has 0 saturated heterocycles. The molecule has 1 rings (SSSR count). The Hall–Kier alpha value is -1.01. The molecule has 7 heteroatoms. The van der Waals surface area contributed by atoms with Crippen molar-refractivity contribution in [3.8, 4) is 5.75 Å². The fourth-order valence-electron chi connectivity index (χ4n) is 1.87. The number of nitrogens with two attached hydrogens (primary N) is 1. The molecule has 0 aliphatic rings. The van der Waals surface area contributed by atoms with Gasteiger partial charge in [0.2, 0.25) is 5.91 Å². The molecule has 124 valence electrons. The van der Waals surface area contributed by atoms with E-state index in [0.29, 0.717) is 15.8 Å². The Morgan fingerprint density at radius 3 is 2.36 bits per heavy atom. The summed E-state index contributed by atoms with van der Waals surface area (Å²) in [5.74, 6) is -0.112. The van der Waals surface area contributed by atoms with Gasteiger partial charge in [-0.15, -0.1) is 0 Å². The van der Waals surface area contributed by atoms with Crippen molar-refractivity contribution in [1.82, 2.24) is 4.90 Å². The number of hydrogen-bond donors (Lipinski definition) is 2. The Morgan fingerprint density at radius 2 is 1.91 bits per heavy atom. The van der Waals surface area contributed by atoms with E-state index in [2.05, 4.69) is 0 Å². The average Bonchev–Trinajstić information content (AvgIpc) is 2.35. The number of β-amino-alcohol motifs (C(OH)–C–C–N with tert-alkyl or cyclic N) is 1. The molecule has 22 heavy (non-hydrogen) atoms. The third kappa shape index (κ3) is 6.01. The molecule has 1 aromatic rings. The van der Waals surface area contributed by atoms with Gasteiger partial charge in [0.15, 0.2) is 5.75 Å². The quantitative estimate of drug-likeness (QED) is 0.792. The van der Waals surface area contributed by atoms with E-state index < -0.39 is 12.0 Å². The second-order valence-corrected chi connectivity index (χ2v) is 6.85. The van der Waals surface area contributed by atoms with Crippen molar-refractivity contribution in [2.45, 2.75) is 32.4 Å². The van der Waals surface area contributed by atoms with E-state index in [9.17, 15) is 9.90 Å². The molecule has 0 radical (unpaired) electrons. The summed E-state index contributed by atoms with van der Waals surface area (Å²) < 4.78 is 5.49. The zero-order chi connectivity index (χ0) is 16.9. The summed E-state index contributed by atoms with van der Waals surface area (Å²) in [5.41, 5.74) is 4.93. The number of aliphatic hydroxyl groups excluding tert-OH is 1. The number of ether oxygens (including phenoxy) is 1. The molecule has 0 heterocycles. The van der Waals surface area contributed by atoms with Gasteiger partial charge in [-0.1, -0.05) is 29.3 Å². The molecule has 1 amide bonds. The highest BCUT2D eigenvalue weighted by Gasteiger charge is 2.25. The lowest BCUT2D eigenvalue weighted by molar-refractivity contribution is -0.121. The molecule has 5 nitrogen and oxygen atoms in total. The van der Waals surface area contributed by atoms with E-state index in [0.717, 1.165) is 0 Å². The van der Waals surface area contributed by atoms with Crippen LogP contribution in [0.25, 0.3) is 0 Å². The Morgan fingerprint density at radius 1 is 1.36 bits per heavy atom. The highest BCUT2D eigenvalue weighted by Crippen LogP contribution is 2.32. The first-order valence-electron chi connectivity index (χ1n) is 6.89. The number of primary amides is 1. The monoisotopic (exact) mass is 348 g/mol. The zero-order valence-corrected chi connectivity index (χ0v) is 14.5. The van der Waals surface area contributed by atoms with Crippen LogP contribution in [0.5, 0.6) is 5.75 Å². The molecule has 1 aromatic carbocycles. The first-order valence-corrected chi connectivity index (χ1v) is 7.65. The maximum absolute atomic E-state index is 11.1. The van der Waals surface area contributed by atoms with E-state index in [1.165, 1.54) is 0 Å². The number of hydrogen-bond acceptors (Lipinski definition) is 4. The first-order chi connectivity index (χ1) is 10.1. The van der Waals surface area contributed by atoms with Crippen LogP contribution in [0.2, 0.25) is 10.0 Å². The van der Waals surface area contributed by atoms with Crippen molar-refractivity contribution in [3.63, 3.8) is 0 Å². The lowest BCUT2D eigenvalue weighted by Crippen LogP contribution is -2.50. The number of amides is 1. The number of rotatable bonds is 7. The van der Waals surface area contributed by atoms with Crippen LogP contribution in [0.4, 0.5) is 0 Å². The van der Waals surface area contributed by atoms with Crippen molar-refractivity contribution in [3.05, 3.63) is 28.2 Å². The van der Waals surface area contributed by atoms with Gasteiger partial charge in [0.25, 0.3) is 0 Å². The lowest BCUT2D eigenvalue weighted by atomic mass is 10.1. The van der Waals surface area contributed by atoms with Crippen LogP contribution in [0, 0.1) is 0 Å². The van der Waals surface area contributed by atoms with Crippen LogP contribution in [0.15, 0.2) is 18.2 Å². The first kappa shape index (κ1) is 19.0. The maximum Gasteiger partial charge on any atom is 0.231 e. The molecule has 0 aromatic heterocycles. The molecular formula is C15H22Cl2N2O3. The van der Waals surface area contributed by atoms with Gasteiger partial charge < -0.3 is 15.6 Å². The summed E-state index contributed by atoms with van der Waals surface area (Å²) >= 11 is 12.0. The number of nitrogens with zero attached hydrogens (tertiary/aromatic N) is 1. The summed E-state index contributed by atoms with van der Waals surface area (Å²) in [7, 11) is 0. The number of halogens is 2. The second-order valence-electron chi connectivity index (χ2n) is 6.03. The number of carbonyl (C=O) groups excluding carboxylic acids is 1. The third-order valence-electron chi connectivity index (χ3n) is 3.07. The summed E-state index contributed by atoms with van der Waals surface area (Å²) in [5, 5.41) is 10.9. The van der Waals surface area contributed by atoms with Crippen molar-refractivity contribution >= 4 is 29.1 Å². The molecule has 0 spiro atoms. The summed E-state index contributed by atoms with van der Waals surface area (Å²) in [6.45, 7) is 6.13. The summed E-state index contributed by atoms with van der Waals surface area (Å²) in [6.07, 6.45) is -0.814. The summed E-state index contributed by atoms with van der Waals surface area (Å²) in [4.78, 5) is 12.9. The molecule has 0 bridgehead atoms. The van der Waals surface area contributed by atoms with E-state index in [4.69, 9.17) is 33.7 Å². The van der Waals surface area contributed by atoms with E-state index in [1.54, 1.807) is 23.1 Å². The van der Waals surface area contributed by atoms with Gasteiger partial charge in [0.05, 0.1) is 16.6 Å². The highest BCUT2D eigenvalue weighted by molar-refractivity contribution is 6.37. The fraction of sp³-hybridized carbons (Fsp3) is 0.533. The van der Waals surface area contributed by atoms with Gasteiger partial charge in [0.1, 0.15) is 12.7 Å². The van der Waals surface area contributed by atoms with Crippen molar-refractivity contribution in [2.24, 2.45) is 5.73 Å². The van der Waals surface area contributed by atoms with Crippen molar-refractivity contribution in [2.75, 3.05) is 19.7 Å². The number of benzene rings is 1. The molecule has 0 saturated carbocycles. The standard InChI is InChI=1S/C15H22Cl2N2O3/c1-15(2,3)19(8-13(18)21)7-10(20)9-22-14-11(16)5-4-6-12(14)17/h4-6,10,20H,7-9H2,1-3H3,(H2,18,21). The van der Waals surface area contributed by atoms with Crippen LogP contribution in [-0.4, -0.2) is 47.3 Å². The van der Waals surface area contributed by atoms with E-state index in [-0.39, 0.29) is 25.2 Å². The predicted octanol–water partition coefficient (Wildman–Crippen LogP) is 2.32.